The number of anilines is 2. The number of halogens is 1. The smallest absolute Gasteiger partial charge is 0.322 e. The van der Waals surface area contributed by atoms with E-state index < -0.39 is 0 Å². The molecule has 6 heteroatoms. The van der Waals surface area contributed by atoms with Gasteiger partial charge in [-0.15, -0.1) is 12.4 Å². The number of piperazine rings is 1. The minimum absolute atomic E-state index is 0. The van der Waals surface area contributed by atoms with E-state index in [1.165, 1.54) is 16.8 Å². The topological polar surface area (TPSA) is 48.5 Å². The second-order valence-electron chi connectivity index (χ2n) is 5.86. The van der Waals surface area contributed by atoms with E-state index in [4.69, 9.17) is 0 Å². The van der Waals surface area contributed by atoms with E-state index in [2.05, 4.69) is 47.2 Å². The van der Waals surface area contributed by atoms with Crippen molar-refractivity contribution in [2.75, 3.05) is 36.4 Å². The van der Waals surface area contributed by atoms with Crippen LogP contribution >= 0.6 is 12.4 Å². The molecule has 128 valence electrons. The van der Waals surface area contributed by atoms with Crippen LogP contribution in [0, 0.1) is 13.8 Å². The van der Waals surface area contributed by atoms with Crippen molar-refractivity contribution in [3.63, 3.8) is 0 Å². The first-order valence-corrected chi connectivity index (χ1v) is 7.92. The zero-order chi connectivity index (χ0) is 16.2. The van der Waals surface area contributed by atoms with Crippen LogP contribution in [-0.4, -0.2) is 42.1 Å². The second kappa shape index (κ2) is 8.02. The van der Waals surface area contributed by atoms with E-state index in [0.29, 0.717) is 0 Å². The number of pyridine rings is 1. The van der Waals surface area contributed by atoms with E-state index in [-0.39, 0.29) is 18.4 Å². The van der Waals surface area contributed by atoms with Gasteiger partial charge in [-0.3, -0.25) is 4.98 Å². The number of nitrogens with one attached hydrogen (secondary N) is 1. The van der Waals surface area contributed by atoms with Crippen molar-refractivity contribution in [1.82, 2.24) is 9.88 Å². The predicted octanol–water partition coefficient (Wildman–Crippen LogP) is 3.47. The van der Waals surface area contributed by atoms with Crippen molar-refractivity contribution in [2.45, 2.75) is 13.8 Å². The third kappa shape index (κ3) is 3.97. The fourth-order valence-corrected chi connectivity index (χ4v) is 2.87. The molecule has 0 saturated carbocycles. The van der Waals surface area contributed by atoms with Crippen LogP contribution in [0.2, 0.25) is 0 Å². The minimum atomic E-state index is -0.0568. The Morgan fingerprint density at radius 3 is 2.50 bits per heavy atom. The van der Waals surface area contributed by atoms with Gasteiger partial charge in [0.1, 0.15) is 0 Å². The molecule has 0 spiro atoms. The van der Waals surface area contributed by atoms with Crippen molar-refractivity contribution in [2.24, 2.45) is 0 Å². The maximum Gasteiger partial charge on any atom is 0.322 e. The molecule has 24 heavy (non-hydrogen) atoms. The van der Waals surface area contributed by atoms with Crippen molar-refractivity contribution in [1.29, 1.82) is 0 Å². The summed E-state index contributed by atoms with van der Waals surface area (Å²) in [4.78, 5) is 20.5. The van der Waals surface area contributed by atoms with Crippen LogP contribution in [0.1, 0.15) is 11.1 Å². The van der Waals surface area contributed by atoms with Crippen molar-refractivity contribution >= 4 is 29.8 Å². The van der Waals surface area contributed by atoms with Crippen LogP contribution in [0.5, 0.6) is 0 Å². The lowest BCUT2D eigenvalue weighted by atomic mass is 10.1. The standard InChI is InChI=1S/C18H22N4O.ClH/c1-14-5-3-7-17(15(14)2)21-9-11-22(12-10-21)18(23)20-16-6-4-8-19-13-16;/h3-8,13H,9-12H2,1-2H3,(H,20,23);1H. The van der Waals surface area contributed by atoms with E-state index in [9.17, 15) is 4.79 Å². The molecular formula is C18H23ClN4O. The lowest BCUT2D eigenvalue weighted by Crippen LogP contribution is -2.50. The largest absolute Gasteiger partial charge is 0.368 e. The molecule has 1 N–H and O–H groups in total. The van der Waals surface area contributed by atoms with E-state index >= 15 is 0 Å². The summed E-state index contributed by atoms with van der Waals surface area (Å²) in [6, 6.07) is 9.99. The Kier molecular flexibility index (Phi) is 6.04. The van der Waals surface area contributed by atoms with Gasteiger partial charge < -0.3 is 15.1 Å². The van der Waals surface area contributed by atoms with Gasteiger partial charge >= 0.3 is 6.03 Å². The summed E-state index contributed by atoms with van der Waals surface area (Å²) in [7, 11) is 0. The number of aromatic nitrogens is 1. The van der Waals surface area contributed by atoms with Crippen LogP contribution in [0.4, 0.5) is 16.2 Å². The number of amides is 2. The van der Waals surface area contributed by atoms with Crippen LogP contribution in [0.3, 0.4) is 0 Å². The molecule has 1 aromatic carbocycles. The summed E-state index contributed by atoms with van der Waals surface area (Å²) in [6.07, 6.45) is 3.35. The molecular weight excluding hydrogens is 324 g/mol. The third-order valence-electron chi connectivity index (χ3n) is 4.40. The van der Waals surface area contributed by atoms with Gasteiger partial charge in [-0.1, -0.05) is 12.1 Å². The van der Waals surface area contributed by atoms with Crippen LogP contribution in [-0.2, 0) is 0 Å². The summed E-state index contributed by atoms with van der Waals surface area (Å²) < 4.78 is 0. The SMILES string of the molecule is Cc1cccc(N2CCN(C(=O)Nc3cccnc3)CC2)c1C.Cl. The summed E-state index contributed by atoms with van der Waals surface area (Å²) in [5.74, 6) is 0. The fraction of sp³-hybridized carbons (Fsp3) is 0.333. The van der Waals surface area contributed by atoms with E-state index in [0.717, 1.165) is 31.9 Å². The highest BCUT2D eigenvalue weighted by Gasteiger charge is 2.22. The number of carbonyl (C=O) groups is 1. The van der Waals surface area contributed by atoms with Gasteiger partial charge in [-0.05, 0) is 43.2 Å². The average Bonchev–Trinajstić information content (AvgIpc) is 2.58. The van der Waals surface area contributed by atoms with Crippen LogP contribution < -0.4 is 10.2 Å². The zero-order valence-corrected chi connectivity index (χ0v) is 14.8. The Morgan fingerprint density at radius 2 is 1.83 bits per heavy atom. The van der Waals surface area contributed by atoms with Crippen LogP contribution in [0.25, 0.3) is 0 Å². The van der Waals surface area contributed by atoms with Gasteiger partial charge in [0.05, 0.1) is 11.9 Å². The van der Waals surface area contributed by atoms with Crippen molar-refractivity contribution < 1.29 is 4.79 Å². The maximum absolute atomic E-state index is 12.3. The third-order valence-corrected chi connectivity index (χ3v) is 4.40. The molecule has 1 aliphatic rings. The lowest BCUT2D eigenvalue weighted by molar-refractivity contribution is 0.208. The number of aryl methyl sites for hydroxylation is 1. The number of rotatable bonds is 2. The number of nitrogens with zero attached hydrogens (tertiary/aromatic N) is 3. The molecule has 2 amide bonds. The Balaban J connectivity index is 0.00000208. The fourth-order valence-electron chi connectivity index (χ4n) is 2.87. The first-order chi connectivity index (χ1) is 11.1. The molecule has 3 rings (SSSR count). The number of hydrogen-bond donors (Lipinski definition) is 1. The monoisotopic (exact) mass is 346 g/mol. The normalized spacial score (nSPS) is 14.1. The van der Waals surface area contributed by atoms with Crippen LogP contribution in [0.15, 0.2) is 42.7 Å². The highest BCUT2D eigenvalue weighted by atomic mass is 35.5. The van der Waals surface area contributed by atoms with Crippen molar-refractivity contribution in [3.05, 3.63) is 53.9 Å². The van der Waals surface area contributed by atoms with Gasteiger partial charge in [0.15, 0.2) is 0 Å². The summed E-state index contributed by atoms with van der Waals surface area (Å²) in [5.41, 5.74) is 4.63. The minimum Gasteiger partial charge on any atom is -0.368 e. The maximum atomic E-state index is 12.3. The van der Waals surface area contributed by atoms with Gasteiger partial charge in [-0.25, -0.2) is 4.79 Å². The molecule has 1 saturated heterocycles. The Labute approximate surface area is 149 Å². The zero-order valence-electron chi connectivity index (χ0n) is 14.0. The second-order valence-corrected chi connectivity index (χ2v) is 5.86. The molecule has 2 heterocycles. The number of benzene rings is 1. The van der Waals surface area contributed by atoms with Gasteiger partial charge in [0.2, 0.25) is 0 Å². The molecule has 0 atom stereocenters. The summed E-state index contributed by atoms with van der Waals surface area (Å²) in [5, 5.41) is 2.89. The van der Waals surface area contributed by atoms with Gasteiger partial charge in [0.25, 0.3) is 0 Å². The molecule has 1 aliphatic heterocycles. The molecule has 0 radical (unpaired) electrons. The van der Waals surface area contributed by atoms with E-state index in [1.54, 1.807) is 12.4 Å². The molecule has 1 fully saturated rings. The average molecular weight is 347 g/mol. The highest BCUT2D eigenvalue weighted by Crippen LogP contribution is 2.24. The molecule has 0 aliphatic carbocycles. The molecule has 0 unspecified atom stereocenters. The number of hydrogen-bond acceptors (Lipinski definition) is 3. The number of urea groups is 1. The summed E-state index contributed by atoms with van der Waals surface area (Å²) >= 11 is 0. The van der Waals surface area contributed by atoms with Crippen molar-refractivity contribution in [3.8, 4) is 0 Å². The highest BCUT2D eigenvalue weighted by molar-refractivity contribution is 5.89. The quantitative estimate of drug-likeness (QED) is 0.905. The van der Waals surface area contributed by atoms with E-state index in [1.807, 2.05) is 17.0 Å². The number of carbonyl (C=O) groups excluding carboxylic acids is 1. The molecule has 5 nitrogen and oxygen atoms in total. The lowest BCUT2D eigenvalue weighted by Gasteiger charge is -2.37. The Bertz CT molecular complexity index is 685. The Morgan fingerprint density at radius 1 is 1.08 bits per heavy atom. The molecule has 2 aromatic rings. The Hall–Kier alpha value is -2.27. The predicted molar refractivity (Wildman–Crippen MR) is 100 cm³/mol. The first kappa shape index (κ1) is 18.1. The van der Waals surface area contributed by atoms with Gasteiger partial charge in [0, 0.05) is 38.1 Å². The molecule has 0 bridgehead atoms. The summed E-state index contributed by atoms with van der Waals surface area (Å²) in [6.45, 7) is 7.44. The van der Waals surface area contributed by atoms with Gasteiger partial charge in [-0.2, -0.15) is 0 Å². The first-order valence-electron chi connectivity index (χ1n) is 7.92. The molecule has 1 aromatic heterocycles.